The summed E-state index contributed by atoms with van der Waals surface area (Å²) in [5, 5.41) is 3.41. The number of rotatable bonds is 1. The topological polar surface area (TPSA) is 38.3 Å². The van der Waals surface area contributed by atoms with Crippen molar-refractivity contribution in [3.8, 4) is 0 Å². The Morgan fingerprint density at radius 1 is 1.43 bits per heavy atom. The monoisotopic (exact) mass is 211 g/mol. The number of ether oxygens (including phenoxy) is 1. The van der Waals surface area contributed by atoms with Gasteiger partial charge in [-0.3, -0.25) is 0 Å². The van der Waals surface area contributed by atoms with Crippen LogP contribution in [0.4, 0.5) is 4.79 Å². The number of alkyl carbamates (subject to hydrolysis) is 1. The molecule has 0 spiro atoms. The van der Waals surface area contributed by atoms with Gasteiger partial charge in [0.05, 0.1) is 12.6 Å². The fraction of sp³-hybridized carbons (Fsp3) is 0.300. The number of halogens is 1. The number of hydrogen-bond donors (Lipinski definition) is 1. The first-order valence-electron chi connectivity index (χ1n) is 4.45. The first-order chi connectivity index (χ1) is 6.77. The van der Waals surface area contributed by atoms with E-state index in [1.54, 1.807) is 0 Å². The van der Waals surface area contributed by atoms with E-state index in [-0.39, 0.29) is 12.1 Å². The van der Waals surface area contributed by atoms with E-state index in [4.69, 9.17) is 16.3 Å². The number of carbonyl (C=O) groups is 1. The highest BCUT2D eigenvalue weighted by Crippen LogP contribution is 2.26. The minimum atomic E-state index is -0.374. The molecule has 1 atom stereocenters. The molecule has 1 heterocycles. The summed E-state index contributed by atoms with van der Waals surface area (Å²) in [6, 6.07) is 7.48. The molecule has 1 aliphatic heterocycles. The molecule has 0 radical (unpaired) electrons. The zero-order valence-electron chi connectivity index (χ0n) is 7.50. The third-order valence-corrected chi connectivity index (χ3v) is 2.56. The number of amides is 1. The van der Waals surface area contributed by atoms with Gasteiger partial charge in [-0.2, -0.15) is 0 Å². The van der Waals surface area contributed by atoms with Gasteiger partial charge in [0.1, 0.15) is 0 Å². The van der Waals surface area contributed by atoms with Crippen molar-refractivity contribution < 1.29 is 9.53 Å². The smallest absolute Gasteiger partial charge is 0.407 e. The van der Waals surface area contributed by atoms with Crippen molar-refractivity contribution in [2.45, 2.75) is 12.5 Å². The molecule has 0 saturated carbocycles. The van der Waals surface area contributed by atoms with Crippen LogP contribution in [0.5, 0.6) is 0 Å². The molecule has 1 aliphatic rings. The fourth-order valence-corrected chi connectivity index (χ4v) is 1.78. The van der Waals surface area contributed by atoms with E-state index < -0.39 is 0 Å². The second kappa shape index (κ2) is 3.88. The van der Waals surface area contributed by atoms with Gasteiger partial charge in [-0.15, -0.1) is 0 Å². The Balaban J connectivity index is 2.22. The molecule has 1 N–H and O–H groups in total. The predicted molar refractivity (Wildman–Crippen MR) is 53.3 cm³/mol. The van der Waals surface area contributed by atoms with E-state index in [0.717, 1.165) is 12.0 Å². The average molecular weight is 212 g/mol. The lowest BCUT2D eigenvalue weighted by molar-refractivity contribution is 0.115. The summed E-state index contributed by atoms with van der Waals surface area (Å²) < 4.78 is 4.78. The van der Waals surface area contributed by atoms with Crippen molar-refractivity contribution in [2.24, 2.45) is 0 Å². The lowest BCUT2D eigenvalue weighted by Gasteiger charge is -2.24. The van der Waals surface area contributed by atoms with Gasteiger partial charge in [-0.05, 0) is 11.6 Å². The van der Waals surface area contributed by atoms with Gasteiger partial charge in [-0.25, -0.2) is 4.79 Å². The number of nitrogens with one attached hydrogen (secondary N) is 1. The van der Waals surface area contributed by atoms with E-state index in [1.807, 2.05) is 24.3 Å². The summed E-state index contributed by atoms with van der Waals surface area (Å²) in [6.45, 7) is 0.446. The molecule has 1 saturated heterocycles. The Kier molecular flexibility index (Phi) is 2.59. The van der Waals surface area contributed by atoms with E-state index >= 15 is 0 Å². The molecule has 1 amide bonds. The summed E-state index contributed by atoms with van der Waals surface area (Å²) in [5.74, 6) is 0. The SMILES string of the molecule is O=C1NC(c2ccccc2Cl)CCO1. The highest BCUT2D eigenvalue weighted by atomic mass is 35.5. The van der Waals surface area contributed by atoms with Crippen LogP contribution >= 0.6 is 11.6 Å². The largest absolute Gasteiger partial charge is 0.449 e. The first kappa shape index (κ1) is 9.34. The molecule has 1 aromatic carbocycles. The maximum Gasteiger partial charge on any atom is 0.407 e. The number of benzene rings is 1. The van der Waals surface area contributed by atoms with Gasteiger partial charge in [0.25, 0.3) is 0 Å². The third kappa shape index (κ3) is 1.82. The van der Waals surface area contributed by atoms with Crippen LogP contribution in [0.1, 0.15) is 18.0 Å². The highest BCUT2D eigenvalue weighted by molar-refractivity contribution is 6.31. The number of hydrogen-bond acceptors (Lipinski definition) is 2. The summed E-state index contributed by atoms with van der Waals surface area (Å²) in [7, 11) is 0. The predicted octanol–water partition coefficient (Wildman–Crippen LogP) is 2.51. The van der Waals surface area contributed by atoms with Gasteiger partial charge in [0.2, 0.25) is 0 Å². The van der Waals surface area contributed by atoms with Crippen LogP contribution in [0.2, 0.25) is 5.02 Å². The van der Waals surface area contributed by atoms with Gasteiger partial charge in [0.15, 0.2) is 0 Å². The summed E-state index contributed by atoms with van der Waals surface area (Å²) in [6.07, 6.45) is 0.385. The summed E-state index contributed by atoms with van der Waals surface area (Å²) in [4.78, 5) is 11.0. The molecule has 3 nitrogen and oxygen atoms in total. The Morgan fingerprint density at radius 2 is 2.21 bits per heavy atom. The number of cyclic esters (lactones) is 1. The molecule has 1 aromatic rings. The van der Waals surface area contributed by atoms with Gasteiger partial charge < -0.3 is 10.1 Å². The van der Waals surface area contributed by atoms with Crippen molar-refractivity contribution in [1.29, 1.82) is 0 Å². The second-order valence-electron chi connectivity index (χ2n) is 3.14. The lowest BCUT2D eigenvalue weighted by Crippen LogP contribution is -2.35. The Morgan fingerprint density at radius 3 is 2.93 bits per heavy atom. The molecule has 1 fully saturated rings. The minimum Gasteiger partial charge on any atom is -0.449 e. The van der Waals surface area contributed by atoms with E-state index in [9.17, 15) is 4.79 Å². The van der Waals surface area contributed by atoms with Crippen molar-refractivity contribution >= 4 is 17.7 Å². The molecule has 74 valence electrons. The van der Waals surface area contributed by atoms with E-state index in [0.29, 0.717) is 11.6 Å². The van der Waals surface area contributed by atoms with Crippen LogP contribution < -0.4 is 5.32 Å². The molecule has 0 bridgehead atoms. The molecule has 14 heavy (non-hydrogen) atoms. The minimum absolute atomic E-state index is 0.0232. The quantitative estimate of drug-likeness (QED) is 0.775. The van der Waals surface area contributed by atoms with Gasteiger partial charge in [-0.1, -0.05) is 29.8 Å². The zero-order valence-corrected chi connectivity index (χ0v) is 8.25. The zero-order chi connectivity index (χ0) is 9.97. The molecular formula is C10H10ClNO2. The summed E-state index contributed by atoms with van der Waals surface area (Å²) >= 11 is 6.01. The Labute approximate surface area is 87.0 Å². The Hall–Kier alpha value is -1.22. The van der Waals surface area contributed by atoms with Crippen molar-refractivity contribution in [3.63, 3.8) is 0 Å². The van der Waals surface area contributed by atoms with Crippen molar-refractivity contribution in [2.75, 3.05) is 6.61 Å². The highest BCUT2D eigenvalue weighted by Gasteiger charge is 2.21. The van der Waals surface area contributed by atoms with Crippen molar-refractivity contribution in [3.05, 3.63) is 34.9 Å². The molecule has 0 aromatic heterocycles. The van der Waals surface area contributed by atoms with Crippen LogP contribution in [0, 0.1) is 0 Å². The van der Waals surface area contributed by atoms with Gasteiger partial charge >= 0.3 is 6.09 Å². The molecule has 2 rings (SSSR count). The second-order valence-corrected chi connectivity index (χ2v) is 3.55. The standard InChI is InChI=1S/C10H10ClNO2/c11-8-4-2-1-3-7(8)9-5-6-14-10(13)12-9/h1-4,9H,5-6H2,(H,12,13). The Bertz CT molecular complexity index is 354. The third-order valence-electron chi connectivity index (χ3n) is 2.21. The fourth-order valence-electron chi connectivity index (χ4n) is 1.52. The van der Waals surface area contributed by atoms with Gasteiger partial charge in [0, 0.05) is 11.4 Å². The average Bonchev–Trinajstić information content (AvgIpc) is 2.18. The first-order valence-corrected chi connectivity index (χ1v) is 4.83. The van der Waals surface area contributed by atoms with Crippen LogP contribution in [-0.4, -0.2) is 12.7 Å². The maximum absolute atomic E-state index is 11.0. The maximum atomic E-state index is 11.0. The number of carbonyl (C=O) groups excluding carboxylic acids is 1. The lowest BCUT2D eigenvalue weighted by atomic mass is 10.0. The van der Waals surface area contributed by atoms with E-state index in [2.05, 4.69) is 5.32 Å². The molecular weight excluding hydrogens is 202 g/mol. The van der Waals surface area contributed by atoms with Crippen LogP contribution in [-0.2, 0) is 4.74 Å². The molecule has 4 heteroatoms. The molecule has 0 aliphatic carbocycles. The van der Waals surface area contributed by atoms with Crippen LogP contribution in [0.3, 0.4) is 0 Å². The summed E-state index contributed by atoms with van der Waals surface area (Å²) in [5.41, 5.74) is 0.950. The van der Waals surface area contributed by atoms with Crippen molar-refractivity contribution in [1.82, 2.24) is 5.32 Å². The van der Waals surface area contributed by atoms with Crippen LogP contribution in [0.15, 0.2) is 24.3 Å². The molecule has 1 unspecified atom stereocenters. The van der Waals surface area contributed by atoms with E-state index in [1.165, 1.54) is 0 Å². The normalized spacial score (nSPS) is 21.2. The van der Waals surface area contributed by atoms with Crippen LogP contribution in [0.25, 0.3) is 0 Å².